The number of piperazine rings is 1. The fourth-order valence-corrected chi connectivity index (χ4v) is 3.20. The number of carboxylic acids is 2. The van der Waals surface area contributed by atoms with Crippen LogP contribution in [0.25, 0.3) is 0 Å². The summed E-state index contributed by atoms with van der Waals surface area (Å²) in [7, 11) is 0. The molecule has 0 unspecified atom stereocenters. The lowest BCUT2D eigenvalue weighted by atomic mass is 10.1. The van der Waals surface area contributed by atoms with E-state index < -0.39 is 11.9 Å². The molecule has 1 aliphatic rings. The van der Waals surface area contributed by atoms with E-state index in [4.69, 9.17) is 19.8 Å². The van der Waals surface area contributed by atoms with Gasteiger partial charge in [-0.05, 0) is 30.0 Å². The third-order valence-electron chi connectivity index (χ3n) is 5.01. The molecule has 2 aromatic carbocycles. The van der Waals surface area contributed by atoms with Gasteiger partial charge in [-0.15, -0.1) is 0 Å². The van der Waals surface area contributed by atoms with E-state index in [-0.39, 0.29) is 0 Å². The Morgan fingerprint density at radius 2 is 1.07 bits per heavy atom. The Kier molecular flexibility index (Phi) is 8.83. The molecule has 3 rings (SSSR count). The predicted octanol–water partition coefficient (Wildman–Crippen LogP) is 3.03. The Morgan fingerprint density at radius 1 is 0.724 bits per heavy atom. The quantitative estimate of drug-likeness (QED) is 0.754. The Balaban J connectivity index is 0.000000438. The van der Waals surface area contributed by atoms with Gasteiger partial charge in [-0.2, -0.15) is 0 Å². The highest BCUT2D eigenvalue weighted by atomic mass is 16.4. The minimum Gasteiger partial charge on any atom is -0.473 e. The van der Waals surface area contributed by atoms with Gasteiger partial charge in [-0.3, -0.25) is 9.80 Å². The second-order valence-electron chi connectivity index (χ2n) is 7.32. The highest BCUT2D eigenvalue weighted by Gasteiger charge is 2.17. The van der Waals surface area contributed by atoms with Crippen LogP contribution in [0.15, 0.2) is 48.5 Å². The lowest BCUT2D eigenvalue weighted by Crippen LogP contribution is -2.45. The molecule has 2 aromatic rings. The van der Waals surface area contributed by atoms with Gasteiger partial charge in [-0.1, -0.05) is 61.0 Å². The summed E-state index contributed by atoms with van der Waals surface area (Å²) in [6.45, 7) is 11.2. The molecule has 0 aromatic heterocycles. The summed E-state index contributed by atoms with van der Waals surface area (Å²) >= 11 is 0. The van der Waals surface area contributed by atoms with Gasteiger partial charge in [-0.25, -0.2) is 9.59 Å². The SMILES string of the molecule is CCc1ccc(CN2CCN(Cc3ccc(C)cc3)CC2)cc1.O=C(O)C(=O)O. The van der Waals surface area contributed by atoms with Gasteiger partial charge >= 0.3 is 11.9 Å². The lowest BCUT2D eigenvalue weighted by Gasteiger charge is -2.34. The van der Waals surface area contributed by atoms with Crippen LogP contribution < -0.4 is 0 Å². The normalized spacial score (nSPS) is 14.7. The van der Waals surface area contributed by atoms with Crippen molar-refractivity contribution in [1.82, 2.24) is 9.80 Å². The van der Waals surface area contributed by atoms with Crippen LogP contribution in [0.5, 0.6) is 0 Å². The topological polar surface area (TPSA) is 81.1 Å². The zero-order valence-electron chi connectivity index (χ0n) is 17.2. The number of rotatable bonds is 5. The first kappa shape index (κ1) is 22.6. The number of hydrogen-bond donors (Lipinski definition) is 2. The molecule has 0 atom stereocenters. The molecule has 6 heteroatoms. The van der Waals surface area contributed by atoms with E-state index in [1.165, 1.54) is 48.4 Å². The van der Waals surface area contributed by atoms with Gasteiger partial charge in [0.2, 0.25) is 0 Å². The number of aryl methyl sites for hydroxylation is 2. The van der Waals surface area contributed by atoms with E-state index in [0.717, 1.165) is 19.5 Å². The highest BCUT2D eigenvalue weighted by molar-refractivity contribution is 6.27. The van der Waals surface area contributed by atoms with Gasteiger partial charge in [0, 0.05) is 39.3 Å². The van der Waals surface area contributed by atoms with Crippen molar-refractivity contribution in [2.24, 2.45) is 0 Å². The van der Waals surface area contributed by atoms with Crippen molar-refractivity contribution in [3.8, 4) is 0 Å². The minimum atomic E-state index is -1.82. The third-order valence-corrected chi connectivity index (χ3v) is 5.01. The number of hydrogen-bond acceptors (Lipinski definition) is 4. The van der Waals surface area contributed by atoms with E-state index in [0.29, 0.717) is 0 Å². The van der Waals surface area contributed by atoms with E-state index in [9.17, 15) is 0 Å². The zero-order valence-corrected chi connectivity index (χ0v) is 17.2. The minimum absolute atomic E-state index is 1.08. The molecule has 0 saturated carbocycles. The van der Waals surface area contributed by atoms with Crippen LogP contribution in [0.3, 0.4) is 0 Å². The molecule has 6 nitrogen and oxygen atoms in total. The van der Waals surface area contributed by atoms with Crippen LogP contribution in [0.4, 0.5) is 0 Å². The molecular formula is C23H30N2O4. The van der Waals surface area contributed by atoms with Gasteiger partial charge < -0.3 is 10.2 Å². The summed E-state index contributed by atoms with van der Waals surface area (Å²) in [5, 5.41) is 14.8. The van der Waals surface area contributed by atoms with Crippen molar-refractivity contribution in [3.05, 3.63) is 70.8 Å². The van der Waals surface area contributed by atoms with Crippen molar-refractivity contribution >= 4 is 11.9 Å². The van der Waals surface area contributed by atoms with Crippen molar-refractivity contribution in [1.29, 1.82) is 0 Å². The lowest BCUT2D eigenvalue weighted by molar-refractivity contribution is -0.159. The molecular weight excluding hydrogens is 368 g/mol. The molecule has 1 heterocycles. The number of aliphatic carboxylic acids is 2. The van der Waals surface area contributed by atoms with E-state index in [1.807, 2.05) is 0 Å². The molecule has 0 aliphatic carbocycles. The Bertz CT molecular complexity index is 768. The van der Waals surface area contributed by atoms with Crippen LogP contribution in [-0.4, -0.2) is 58.1 Å². The molecule has 0 radical (unpaired) electrons. The Hall–Kier alpha value is -2.70. The third kappa shape index (κ3) is 8.05. The number of carboxylic acid groups (broad SMARTS) is 2. The van der Waals surface area contributed by atoms with Crippen LogP contribution in [-0.2, 0) is 29.1 Å². The maximum atomic E-state index is 9.10. The second-order valence-corrected chi connectivity index (χ2v) is 7.32. The summed E-state index contributed by atoms with van der Waals surface area (Å²) in [5.74, 6) is -3.65. The number of nitrogens with zero attached hydrogens (tertiary/aromatic N) is 2. The van der Waals surface area contributed by atoms with Crippen LogP contribution in [0, 0.1) is 6.92 Å². The number of carbonyl (C=O) groups is 2. The van der Waals surface area contributed by atoms with Gasteiger partial charge in [0.1, 0.15) is 0 Å². The van der Waals surface area contributed by atoms with E-state index >= 15 is 0 Å². The molecule has 1 saturated heterocycles. The van der Waals surface area contributed by atoms with Crippen molar-refractivity contribution in [3.63, 3.8) is 0 Å². The summed E-state index contributed by atoms with van der Waals surface area (Å²) in [6.07, 6.45) is 1.12. The van der Waals surface area contributed by atoms with Gasteiger partial charge in [0.15, 0.2) is 0 Å². The average molecular weight is 399 g/mol. The first-order valence-electron chi connectivity index (χ1n) is 9.91. The van der Waals surface area contributed by atoms with Crippen molar-refractivity contribution in [2.75, 3.05) is 26.2 Å². The largest absolute Gasteiger partial charge is 0.473 e. The highest BCUT2D eigenvalue weighted by Crippen LogP contribution is 2.13. The molecule has 156 valence electrons. The van der Waals surface area contributed by atoms with Crippen LogP contribution in [0.1, 0.15) is 29.2 Å². The first-order valence-corrected chi connectivity index (χ1v) is 9.91. The van der Waals surface area contributed by atoms with E-state index in [2.05, 4.69) is 72.2 Å². The molecule has 29 heavy (non-hydrogen) atoms. The molecule has 0 bridgehead atoms. The van der Waals surface area contributed by atoms with E-state index in [1.54, 1.807) is 0 Å². The maximum absolute atomic E-state index is 9.10. The Labute approximate surface area is 172 Å². The fourth-order valence-electron chi connectivity index (χ4n) is 3.20. The zero-order chi connectivity index (χ0) is 21.2. The monoisotopic (exact) mass is 398 g/mol. The van der Waals surface area contributed by atoms with Gasteiger partial charge in [0.25, 0.3) is 0 Å². The Morgan fingerprint density at radius 3 is 1.41 bits per heavy atom. The molecule has 0 spiro atoms. The molecule has 1 fully saturated rings. The van der Waals surface area contributed by atoms with Crippen molar-refractivity contribution < 1.29 is 19.8 Å². The summed E-state index contributed by atoms with van der Waals surface area (Å²) in [5.41, 5.74) is 5.64. The molecule has 0 amide bonds. The van der Waals surface area contributed by atoms with Gasteiger partial charge in [0.05, 0.1) is 0 Å². The van der Waals surface area contributed by atoms with Crippen molar-refractivity contribution in [2.45, 2.75) is 33.4 Å². The summed E-state index contributed by atoms with van der Waals surface area (Å²) in [6, 6.07) is 18.1. The molecule has 1 aliphatic heterocycles. The predicted molar refractivity (Wildman–Crippen MR) is 113 cm³/mol. The second kappa shape index (κ2) is 11.3. The van der Waals surface area contributed by atoms with Crippen LogP contribution in [0.2, 0.25) is 0 Å². The maximum Gasteiger partial charge on any atom is 0.414 e. The average Bonchev–Trinajstić information content (AvgIpc) is 2.72. The summed E-state index contributed by atoms with van der Waals surface area (Å²) in [4.78, 5) is 23.3. The molecule has 2 N–H and O–H groups in total. The first-order chi connectivity index (χ1) is 13.9. The standard InChI is InChI=1S/C21H28N2.C2H2O4/c1-3-19-8-10-21(11-9-19)17-23-14-12-22(13-15-23)16-20-6-4-18(2)5-7-20;3-1(4)2(5)6/h4-11H,3,12-17H2,1-2H3;(H,3,4)(H,5,6). The smallest absolute Gasteiger partial charge is 0.414 e. The van der Waals surface area contributed by atoms with Crippen LogP contribution >= 0.6 is 0 Å². The summed E-state index contributed by atoms with van der Waals surface area (Å²) < 4.78 is 0. The number of benzene rings is 2. The fraction of sp³-hybridized carbons (Fsp3) is 0.391.